The molecule has 0 saturated carbocycles. The molecule has 8 nitrogen and oxygen atoms in total. The van der Waals surface area contributed by atoms with Gasteiger partial charge in [0.15, 0.2) is 0 Å². The molecule has 8 bridgehead atoms. The number of hydrogen-bond donors (Lipinski definition) is 0. The van der Waals surface area contributed by atoms with Crippen molar-refractivity contribution in [3.8, 4) is 45.0 Å². The van der Waals surface area contributed by atoms with Gasteiger partial charge in [-0.15, -0.1) is 22.1 Å². The Kier molecular flexibility index (Phi) is 12.2. The van der Waals surface area contributed by atoms with Crippen molar-refractivity contribution in [1.29, 1.82) is 0 Å². The van der Waals surface area contributed by atoms with Crippen LogP contribution in [-0.4, -0.2) is 29.9 Å². The summed E-state index contributed by atoms with van der Waals surface area (Å²) in [4.78, 5) is 40.8. The standard InChI is InChI=1S/C40H16Br8N8.Mn/c41-25-27(43)35-22(18-10-2-6-14-50-18)37-29(45)31(47)39(55-37)24(20-12-4-8-16-52-20)40-32(48)30(46)38(56-40)23(19-11-3-7-15-51-19)36-28(44)26(42)34(54-36)21(33(25)53-35)17-9-1-5-13-49-17;/h1-16H;/q-2;+2. The molecule has 0 N–H and O–H groups in total. The van der Waals surface area contributed by atoms with E-state index >= 15 is 0 Å². The molecule has 279 valence electrons. The summed E-state index contributed by atoms with van der Waals surface area (Å²) < 4.78 is 5.58. The van der Waals surface area contributed by atoms with E-state index in [4.69, 9.17) is 39.9 Å². The van der Waals surface area contributed by atoms with Crippen LogP contribution in [0.1, 0.15) is 22.8 Å². The van der Waals surface area contributed by atoms with Gasteiger partial charge in [-0.1, -0.05) is 88.0 Å². The minimum absolute atomic E-state index is 0. The fraction of sp³-hybridized carbons (Fsp3) is 0. The van der Waals surface area contributed by atoms with Gasteiger partial charge in [0.1, 0.15) is 0 Å². The second-order valence-corrected chi connectivity index (χ2v) is 18.5. The number of hydrogen-bond acceptors (Lipinski definition) is 6. The van der Waals surface area contributed by atoms with Gasteiger partial charge in [-0.25, -0.2) is 9.97 Å². The molecule has 0 fully saturated rings. The summed E-state index contributed by atoms with van der Waals surface area (Å²) in [6, 6.07) is 23.0. The Morgan fingerprint density at radius 3 is 0.895 bits per heavy atom. The Morgan fingerprint density at radius 1 is 0.333 bits per heavy atom. The van der Waals surface area contributed by atoms with E-state index in [1.807, 2.05) is 72.8 Å². The molecule has 0 aliphatic carbocycles. The first-order valence-corrected chi connectivity index (χ1v) is 22.7. The van der Waals surface area contributed by atoms with Crippen LogP contribution in [0.5, 0.6) is 0 Å². The molecule has 0 atom stereocenters. The Labute approximate surface area is 402 Å². The van der Waals surface area contributed by atoms with Gasteiger partial charge in [0, 0.05) is 53.8 Å². The molecule has 2 aliphatic rings. The summed E-state index contributed by atoms with van der Waals surface area (Å²) in [5.41, 5.74) is 10.1. The van der Waals surface area contributed by atoms with Crippen molar-refractivity contribution in [3.05, 3.63) is 138 Å². The van der Waals surface area contributed by atoms with Gasteiger partial charge in [0.25, 0.3) is 0 Å². The van der Waals surface area contributed by atoms with Crippen molar-refractivity contribution in [2.75, 3.05) is 0 Å². The van der Waals surface area contributed by atoms with Crippen molar-refractivity contribution in [2.24, 2.45) is 0 Å². The zero-order valence-corrected chi connectivity index (χ0v) is 42.1. The molecule has 1 radical (unpaired) electrons. The second-order valence-electron chi connectivity index (χ2n) is 12.1. The monoisotopic (exact) mass is 1290 g/mol. The van der Waals surface area contributed by atoms with Crippen LogP contribution in [0, 0.1) is 0 Å². The average Bonchev–Trinajstić information content (AvgIpc) is 3.89. The van der Waals surface area contributed by atoms with E-state index in [0.29, 0.717) is 126 Å². The molecular weight excluding hydrogens is 1290 g/mol. The van der Waals surface area contributed by atoms with Gasteiger partial charge in [-0.3, -0.25) is 19.9 Å². The van der Waals surface area contributed by atoms with E-state index in [1.54, 1.807) is 24.8 Å². The molecule has 0 amide bonds. The first-order chi connectivity index (χ1) is 27.2. The maximum Gasteiger partial charge on any atom is 2.00 e. The third-order valence-electron chi connectivity index (χ3n) is 8.91. The van der Waals surface area contributed by atoms with Gasteiger partial charge in [0.2, 0.25) is 0 Å². The topological polar surface area (TPSA) is 106 Å². The second kappa shape index (κ2) is 16.9. The molecule has 0 spiro atoms. The van der Waals surface area contributed by atoms with Crippen molar-refractivity contribution < 1.29 is 17.1 Å². The molecule has 9 rings (SSSR count). The van der Waals surface area contributed by atoms with Crippen molar-refractivity contribution in [1.82, 2.24) is 39.9 Å². The van der Waals surface area contributed by atoms with Crippen molar-refractivity contribution in [2.45, 2.75) is 0 Å². The van der Waals surface area contributed by atoms with E-state index in [2.05, 4.69) is 127 Å². The van der Waals surface area contributed by atoms with Crippen molar-refractivity contribution in [3.63, 3.8) is 0 Å². The number of halogens is 8. The van der Waals surface area contributed by atoms with E-state index in [-0.39, 0.29) is 17.1 Å². The normalized spacial score (nSPS) is 12.6. The summed E-state index contributed by atoms with van der Waals surface area (Å²) in [7, 11) is 0. The van der Waals surface area contributed by atoms with Gasteiger partial charge in [-0.05, 0) is 118 Å². The average molecular weight is 1300 g/mol. The number of rotatable bonds is 4. The predicted octanol–water partition coefficient (Wildman–Crippen LogP) is 14.1. The molecular formula is C40H16Br8MnN8. The molecule has 0 unspecified atom stereocenters. The SMILES string of the molecule is BrC1=C(Br)c2nc1c(-c1ccccn1)c1nc(c(-c3ccccn3)c3[n-]c(c(Br)c3Br)c(-c3ccccn3)c3[n-]c(c(Br)c3Br)c2-c2ccccn2)C(Br)=C1Br.[Mn+2]. The van der Waals surface area contributed by atoms with Crippen molar-refractivity contribution >= 4 is 167 Å². The molecule has 7 aromatic heterocycles. The van der Waals surface area contributed by atoms with Crippen LogP contribution in [0.4, 0.5) is 0 Å². The largest absolute Gasteiger partial charge is 2.00 e. The Bertz CT molecular complexity index is 2830. The third-order valence-corrected chi connectivity index (χ3v) is 17.2. The molecule has 2 aliphatic heterocycles. The summed E-state index contributed by atoms with van der Waals surface area (Å²) in [5.74, 6) is 0. The van der Waals surface area contributed by atoms with E-state index in [1.165, 1.54) is 0 Å². The summed E-state index contributed by atoms with van der Waals surface area (Å²) in [6.07, 6.45) is 7.01. The maximum absolute atomic E-state index is 5.39. The zero-order chi connectivity index (χ0) is 38.8. The molecule has 0 saturated heterocycles. The van der Waals surface area contributed by atoms with Gasteiger partial charge in [0.05, 0.1) is 69.0 Å². The Balaban J connectivity index is 0.00000455. The molecule has 7 aromatic rings. The fourth-order valence-electron chi connectivity index (χ4n) is 6.46. The van der Waals surface area contributed by atoms with Crippen LogP contribution in [0.15, 0.2) is 115 Å². The predicted molar refractivity (Wildman–Crippen MR) is 252 cm³/mol. The van der Waals surface area contributed by atoms with E-state index in [0.717, 1.165) is 0 Å². The first-order valence-electron chi connectivity index (χ1n) is 16.4. The van der Waals surface area contributed by atoms with Gasteiger partial charge in [-0.2, -0.15) is 0 Å². The van der Waals surface area contributed by atoms with Gasteiger partial charge >= 0.3 is 17.1 Å². The summed E-state index contributed by atoms with van der Waals surface area (Å²) in [6.45, 7) is 0. The summed E-state index contributed by atoms with van der Waals surface area (Å²) >= 11 is 31.4. The Hall–Kier alpha value is -2.44. The minimum Gasteiger partial charge on any atom is -0.655 e. The van der Waals surface area contributed by atoms with Crippen LogP contribution in [0.2, 0.25) is 0 Å². The number of pyridine rings is 4. The number of fused-ring (bicyclic) bond motifs is 8. The Morgan fingerprint density at radius 2 is 0.596 bits per heavy atom. The van der Waals surface area contributed by atoms with Crippen LogP contribution >= 0.6 is 127 Å². The van der Waals surface area contributed by atoms with Crippen LogP contribution in [0.25, 0.3) is 85.0 Å². The minimum atomic E-state index is 0. The first kappa shape index (κ1) is 41.3. The van der Waals surface area contributed by atoms with E-state index in [9.17, 15) is 0 Å². The quantitative estimate of drug-likeness (QED) is 0.161. The maximum atomic E-state index is 5.39. The smallest absolute Gasteiger partial charge is 0.655 e. The van der Waals surface area contributed by atoms with E-state index < -0.39 is 0 Å². The number of aromatic nitrogens is 8. The summed E-state index contributed by atoms with van der Waals surface area (Å²) in [5, 5.41) is 0. The molecule has 9 heterocycles. The molecule has 0 aromatic carbocycles. The zero-order valence-electron chi connectivity index (χ0n) is 28.2. The van der Waals surface area contributed by atoms with Gasteiger partial charge < -0.3 is 9.97 Å². The van der Waals surface area contributed by atoms with Crippen LogP contribution < -0.4 is 9.97 Å². The molecule has 57 heavy (non-hydrogen) atoms. The molecule has 17 heteroatoms. The third kappa shape index (κ3) is 7.11. The van der Waals surface area contributed by atoms with Crippen LogP contribution in [0.3, 0.4) is 0 Å². The number of nitrogens with zero attached hydrogens (tertiary/aromatic N) is 8. The van der Waals surface area contributed by atoms with Crippen LogP contribution in [-0.2, 0) is 17.1 Å². The fourth-order valence-corrected chi connectivity index (χ4v) is 10.3.